The molecule has 0 N–H and O–H groups in total. The molecule has 0 unspecified atom stereocenters. The lowest BCUT2D eigenvalue weighted by atomic mass is 9.89. The summed E-state index contributed by atoms with van der Waals surface area (Å²) in [6.07, 6.45) is 3.32. The van der Waals surface area contributed by atoms with Crippen molar-refractivity contribution in [2.75, 3.05) is 99.1 Å². The van der Waals surface area contributed by atoms with E-state index in [9.17, 15) is 4.79 Å². The first kappa shape index (κ1) is 38.5. The second-order valence-corrected chi connectivity index (χ2v) is 12.0. The second-order valence-electron chi connectivity index (χ2n) is 12.0. The molecule has 0 aromatic carbocycles. The molecule has 42 heavy (non-hydrogen) atoms. The summed E-state index contributed by atoms with van der Waals surface area (Å²) in [5.74, 6) is 0.202. The van der Waals surface area contributed by atoms with Crippen LogP contribution in [0.5, 0.6) is 0 Å². The van der Waals surface area contributed by atoms with Crippen LogP contribution in [-0.2, 0) is 55.8 Å². The summed E-state index contributed by atoms with van der Waals surface area (Å²) in [6, 6.07) is 0. The van der Waals surface area contributed by atoms with Gasteiger partial charge in [0.1, 0.15) is 11.5 Å². The Morgan fingerprint density at radius 2 is 1.05 bits per heavy atom. The van der Waals surface area contributed by atoms with Crippen LogP contribution in [0.2, 0.25) is 0 Å². The molecule has 1 aromatic heterocycles. The van der Waals surface area contributed by atoms with E-state index in [-0.39, 0.29) is 11.2 Å². The van der Waals surface area contributed by atoms with E-state index in [1.807, 2.05) is 27.0 Å². The third-order valence-corrected chi connectivity index (χ3v) is 5.84. The van der Waals surface area contributed by atoms with E-state index in [1.54, 1.807) is 4.68 Å². The van der Waals surface area contributed by atoms with Crippen LogP contribution in [0.15, 0.2) is 6.20 Å². The van der Waals surface area contributed by atoms with Crippen LogP contribution in [0.1, 0.15) is 60.1 Å². The van der Waals surface area contributed by atoms with Crippen LogP contribution < -0.4 is 0 Å². The number of nitrogens with zero attached hydrogens (tertiary/aromatic N) is 3. The van der Waals surface area contributed by atoms with E-state index in [0.717, 1.165) is 18.7 Å². The average Bonchev–Trinajstić information content (AvgIpc) is 3.37. The van der Waals surface area contributed by atoms with Crippen LogP contribution in [0.25, 0.3) is 0 Å². The standard InChI is InChI=1S/C30H57N3O9/c1-29(2,3)8-11-36-14-17-39-19-20-40-18-15-37-12-9-33-25-27(31-32-33)26-42-24-23-41-22-21-38-16-13-35-10-7-28(34)30(4,5)6/h25H,7-24,26H2,1-6H3. The minimum atomic E-state index is -0.315. The Morgan fingerprint density at radius 1 is 0.619 bits per heavy atom. The lowest BCUT2D eigenvalue weighted by Crippen LogP contribution is -2.22. The maximum Gasteiger partial charge on any atom is 0.140 e. The molecule has 12 heteroatoms. The van der Waals surface area contributed by atoms with Crippen molar-refractivity contribution in [3.8, 4) is 0 Å². The highest BCUT2D eigenvalue weighted by Crippen LogP contribution is 2.18. The molecule has 0 spiro atoms. The topological polar surface area (TPSA) is 122 Å². The van der Waals surface area contributed by atoms with Crippen molar-refractivity contribution in [1.82, 2.24) is 15.0 Å². The van der Waals surface area contributed by atoms with E-state index in [0.29, 0.717) is 117 Å². The zero-order chi connectivity index (χ0) is 30.9. The number of ketones is 1. The van der Waals surface area contributed by atoms with Crippen LogP contribution >= 0.6 is 0 Å². The van der Waals surface area contributed by atoms with Gasteiger partial charge in [-0.25, -0.2) is 4.68 Å². The number of hydrogen-bond acceptors (Lipinski definition) is 11. The summed E-state index contributed by atoms with van der Waals surface area (Å²) < 4.78 is 45.9. The summed E-state index contributed by atoms with van der Waals surface area (Å²) in [5.41, 5.74) is 0.739. The molecule has 0 atom stereocenters. The van der Waals surface area contributed by atoms with Crippen LogP contribution in [0.4, 0.5) is 0 Å². The van der Waals surface area contributed by atoms with E-state index in [2.05, 4.69) is 31.1 Å². The monoisotopic (exact) mass is 603 g/mol. The Bertz CT molecular complexity index is 779. The number of Topliss-reactive ketones (excluding diaryl/α,β-unsaturated/α-hetero) is 1. The first-order valence-electron chi connectivity index (χ1n) is 15.1. The number of rotatable bonds is 28. The van der Waals surface area contributed by atoms with Crippen molar-refractivity contribution >= 4 is 5.78 Å². The van der Waals surface area contributed by atoms with Crippen molar-refractivity contribution in [3.63, 3.8) is 0 Å². The summed E-state index contributed by atoms with van der Waals surface area (Å²) in [5, 5.41) is 8.20. The van der Waals surface area contributed by atoms with Gasteiger partial charge in [-0.3, -0.25) is 4.79 Å². The van der Waals surface area contributed by atoms with Gasteiger partial charge in [0.15, 0.2) is 0 Å². The number of ether oxygens (including phenoxy) is 8. The first-order valence-corrected chi connectivity index (χ1v) is 15.1. The molecule has 0 saturated heterocycles. The van der Waals surface area contributed by atoms with Gasteiger partial charge in [-0.1, -0.05) is 46.8 Å². The maximum atomic E-state index is 11.8. The molecule has 0 aliphatic heterocycles. The smallest absolute Gasteiger partial charge is 0.140 e. The Morgan fingerprint density at radius 3 is 1.52 bits per heavy atom. The average molecular weight is 604 g/mol. The quantitative estimate of drug-likeness (QED) is 0.131. The number of carbonyl (C=O) groups is 1. The molecule has 12 nitrogen and oxygen atoms in total. The maximum absolute atomic E-state index is 11.8. The molecule has 1 aromatic rings. The van der Waals surface area contributed by atoms with E-state index in [4.69, 9.17) is 37.9 Å². The van der Waals surface area contributed by atoms with Gasteiger partial charge in [0.25, 0.3) is 0 Å². The molecular weight excluding hydrogens is 546 g/mol. The van der Waals surface area contributed by atoms with E-state index in [1.165, 1.54) is 0 Å². The lowest BCUT2D eigenvalue weighted by molar-refractivity contribution is -0.127. The Balaban J connectivity index is 1.83. The van der Waals surface area contributed by atoms with Gasteiger partial charge in [0.2, 0.25) is 0 Å². The SMILES string of the molecule is CC(C)(C)CCOCCOCCOCCOCCn1cc(COCCOCCOCCOCCC(=O)C(C)(C)C)nn1. The Labute approximate surface area is 253 Å². The molecule has 0 aliphatic carbocycles. The highest BCUT2D eigenvalue weighted by molar-refractivity contribution is 5.83. The number of carbonyl (C=O) groups excluding carboxylic acids is 1. The fourth-order valence-corrected chi connectivity index (χ4v) is 3.19. The van der Waals surface area contributed by atoms with Crippen molar-refractivity contribution in [1.29, 1.82) is 0 Å². The summed E-state index contributed by atoms with van der Waals surface area (Å²) in [6.45, 7) is 21.2. The molecular formula is C30H57N3O9. The summed E-state index contributed by atoms with van der Waals surface area (Å²) in [4.78, 5) is 11.8. The summed E-state index contributed by atoms with van der Waals surface area (Å²) >= 11 is 0. The van der Waals surface area contributed by atoms with Crippen LogP contribution in [0.3, 0.4) is 0 Å². The molecule has 0 bridgehead atoms. The molecule has 0 amide bonds. The predicted octanol–water partition coefficient (Wildman–Crippen LogP) is 3.35. The second kappa shape index (κ2) is 23.9. The molecule has 0 aliphatic rings. The molecule has 246 valence electrons. The lowest BCUT2D eigenvalue weighted by Gasteiger charge is -2.17. The van der Waals surface area contributed by atoms with E-state index >= 15 is 0 Å². The molecule has 1 rings (SSSR count). The highest BCUT2D eigenvalue weighted by atomic mass is 16.6. The molecule has 0 fully saturated rings. The van der Waals surface area contributed by atoms with Gasteiger partial charge >= 0.3 is 0 Å². The molecule has 1 heterocycles. The number of aromatic nitrogens is 3. The third kappa shape index (κ3) is 24.0. The minimum absolute atomic E-state index is 0.202. The summed E-state index contributed by atoms with van der Waals surface area (Å²) in [7, 11) is 0. The highest BCUT2D eigenvalue weighted by Gasteiger charge is 2.20. The van der Waals surface area contributed by atoms with Gasteiger partial charge in [-0.05, 0) is 11.8 Å². The van der Waals surface area contributed by atoms with Crippen LogP contribution in [-0.4, -0.2) is 120 Å². The number of hydrogen-bond donors (Lipinski definition) is 0. The normalized spacial score (nSPS) is 12.3. The van der Waals surface area contributed by atoms with Crippen LogP contribution in [0, 0.1) is 10.8 Å². The zero-order valence-electron chi connectivity index (χ0n) is 27.0. The van der Waals surface area contributed by atoms with Gasteiger partial charge in [0.05, 0.1) is 112 Å². The minimum Gasteiger partial charge on any atom is -0.379 e. The van der Waals surface area contributed by atoms with E-state index < -0.39 is 0 Å². The molecule has 0 saturated carbocycles. The fourth-order valence-electron chi connectivity index (χ4n) is 3.19. The Kier molecular flexibility index (Phi) is 21.9. The fraction of sp³-hybridized carbons (Fsp3) is 0.900. The van der Waals surface area contributed by atoms with Crippen molar-refractivity contribution in [2.24, 2.45) is 10.8 Å². The first-order chi connectivity index (χ1) is 20.1. The largest absolute Gasteiger partial charge is 0.379 e. The Hall–Kier alpha value is -1.51. The van der Waals surface area contributed by atoms with Gasteiger partial charge in [-0.15, -0.1) is 5.10 Å². The molecule has 0 radical (unpaired) electrons. The zero-order valence-corrected chi connectivity index (χ0v) is 27.0. The van der Waals surface area contributed by atoms with Gasteiger partial charge in [0, 0.05) is 18.4 Å². The van der Waals surface area contributed by atoms with Crippen molar-refractivity contribution in [2.45, 2.75) is 67.5 Å². The van der Waals surface area contributed by atoms with Gasteiger partial charge < -0.3 is 37.9 Å². The van der Waals surface area contributed by atoms with Crippen molar-refractivity contribution in [3.05, 3.63) is 11.9 Å². The van der Waals surface area contributed by atoms with Gasteiger partial charge in [-0.2, -0.15) is 0 Å². The van der Waals surface area contributed by atoms with Crippen molar-refractivity contribution < 1.29 is 42.7 Å². The third-order valence-electron chi connectivity index (χ3n) is 5.84. The predicted molar refractivity (Wildman–Crippen MR) is 159 cm³/mol.